The van der Waals surface area contributed by atoms with E-state index in [1.165, 1.54) is 22.3 Å². The number of carbonyl (C=O) groups excluding carboxylic acids is 2. The maximum atomic E-state index is 12.8. The van der Waals surface area contributed by atoms with Gasteiger partial charge in [0.15, 0.2) is 0 Å². The van der Waals surface area contributed by atoms with E-state index in [0.29, 0.717) is 39.1 Å². The van der Waals surface area contributed by atoms with Crippen LogP contribution in [0.3, 0.4) is 0 Å². The number of ether oxygens (including phenoxy) is 1. The van der Waals surface area contributed by atoms with Crippen LogP contribution >= 0.6 is 0 Å². The van der Waals surface area contributed by atoms with Crippen LogP contribution in [0.2, 0.25) is 0 Å². The number of fused-ring (bicyclic) bond motifs is 3. The average molecular weight is 363 g/mol. The molecule has 0 unspecified atom stereocenters. The number of hydrogen-bond acceptors (Lipinski definition) is 3. The monoisotopic (exact) mass is 363 g/mol. The topological polar surface area (TPSA) is 46.6 Å². The summed E-state index contributed by atoms with van der Waals surface area (Å²) < 4.78 is 5.36. The maximum Gasteiger partial charge on any atom is 0.222 e. The third-order valence-electron chi connectivity index (χ3n) is 5.99. The lowest BCUT2D eigenvalue weighted by molar-refractivity contribution is -0.135. The molecule has 140 valence electrons. The van der Waals surface area contributed by atoms with Crippen LogP contribution in [0.4, 0.5) is 0 Å². The first kappa shape index (κ1) is 17.9. The molecule has 4 rings (SSSR count). The number of carbonyl (C=O) groups is 2. The van der Waals surface area contributed by atoms with E-state index < -0.39 is 0 Å². The molecular weight excluding hydrogens is 338 g/mol. The molecule has 4 nitrogen and oxygen atoms in total. The van der Waals surface area contributed by atoms with Gasteiger partial charge in [0.25, 0.3) is 0 Å². The Morgan fingerprint density at radius 3 is 2.15 bits per heavy atom. The van der Waals surface area contributed by atoms with Crippen molar-refractivity contribution in [3.63, 3.8) is 0 Å². The van der Waals surface area contributed by atoms with E-state index >= 15 is 0 Å². The van der Waals surface area contributed by atoms with Crippen molar-refractivity contribution < 1.29 is 14.3 Å². The van der Waals surface area contributed by atoms with Crippen molar-refractivity contribution in [3.05, 3.63) is 59.7 Å². The molecule has 0 atom stereocenters. The summed E-state index contributed by atoms with van der Waals surface area (Å²) in [5.74, 6) is 0.186. The smallest absolute Gasteiger partial charge is 0.222 e. The van der Waals surface area contributed by atoms with Gasteiger partial charge in [0.1, 0.15) is 6.29 Å². The molecule has 1 heterocycles. The van der Waals surface area contributed by atoms with E-state index in [1.807, 2.05) is 4.90 Å². The highest BCUT2D eigenvalue weighted by atomic mass is 16.5. The molecule has 1 saturated heterocycles. The normalized spacial score (nSPS) is 17.3. The van der Waals surface area contributed by atoms with Crippen LogP contribution in [0.25, 0.3) is 11.1 Å². The van der Waals surface area contributed by atoms with Gasteiger partial charge in [-0.1, -0.05) is 48.5 Å². The summed E-state index contributed by atoms with van der Waals surface area (Å²) in [7, 11) is 0. The SMILES string of the molecule is O=CCCC1(CCC(=O)N2CCOCC2)c2ccccc2-c2ccccc21. The number of rotatable bonds is 6. The lowest BCUT2D eigenvalue weighted by Crippen LogP contribution is -2.41. The highest BCUT2D eigenvalue weighted by molar-refractivity contribution is 5.82. The van der Waals surface area contributed by atoms with Crippen LogP contribution < -0.4 is 0 Å². The van der Waals surface area contributed by atoms with Crippen molar-refractivity contribution in [2.24, 2.45) is 0 Å². The van der Waals surface area contributed by atoms with Gasteiger partial charge in [0, 0.05) is 31.3 Å². The Balaban J connectivity index is 1.68. The second-order valence-corrected chi connectivity index (χ2v) is 7.37. The zero-order valence-corrected chi connectivity index (χ0v) is 15.5. The van der Waals surface area contributed by atoms with E-state index in [1.54, 1.807) is 0 Å². The number of hydrogen-bond donors (Lipinski definition) is 0. The fourth-order valence-electron chi connectivity index (χ4n) is 4.68. The highest BCUT2D eigenvalue weighted by Gasteiger charge is 2.42. The molecule has 0 bridgehead atoms. The van der Waals surface area contributed by atoms with Crippen LogP contribution in [0.15, 0.2) is 48.5 Å². The summed E-state index contributed by atoms with van der Waals surface area (Å²) >= 11 is 0. The fraction of sp³-hybridized carbons (Fsp3) is 0.391. The van der Waals surface area contributed by atoms with Gasteiger partial charge in [-0.2, -0.15) is 0 Å². The maximum absolute atomic E-state index is 12.8. The third-order valence-corrected chi connectivity index (χ3v) is 5.99. The molecule has 1 fully saturated rings. The largest absolute Gasteiger partial charge is 0.378 e. The predicted molar refractivity (Wildman–Crippen MR) is 105 cm³/mol. The lowest BCUT2D eigenvalue weighted by atomic mass is 9.71. The van der Waals surface area contributed by atoms with Crippen LogP contribution in [-0.4, -0.2) is 43.4 Å². The molecule has 0 radical (unpaired) electrons. The minimum atomic E-state index is -0.268. The van der Waals surface area contributed by atoms with Gasteiger partial charge in [0.05, 0.1) is 13.2 Å². The Bertz CT molecular complexity index is 794. The molecule has 0 N–H and O–H groups in total. The first-order valence-corrected chi connectivity index (χ1v) is 9.75. The van der Waals surface area contributed by atoms with Crippen LogP contribution in [-0.2, 0) is 19.7 Å². The Kier molecular flexibility index (Phi) is 5.08. The minimum absolute atomic E-state index is 0.186. The van der Waals surface area contributed by atoms with Gasteiger partial charge in [-0.15, -0.1) is 0 Å². The number of aldehydes is 1. The van der Waals surface area contributed by atoms with Crippen LogP contribution in [0.5, 0.6) is 0 Å². The Hall–Kier alpha value is -2.46. The second kappa shape index (κ2) is 7.65. The van der Waals surface area contributed by atoms with Crippen LogP contribution in [0.1, 0.15) is 36.8 Å². The number of benzene rings is 2. The highest BCUT2D eigenvalue weighted by Crippen LogP contribution is 2.53. The second-order valence-electron chi connectivity index (χ2n) is 7.37. The van der Waals surface area contributed by atoms with E-state index in [9.17, 15) is 9.59 Å². The van der Waals surface area contributed by atoms with E-state index in [4.69, 9.17) is 4.74 Å². The molecule has 27 heavy (non-hydrogen) atoms. The minimum Gasteiger partial charge on any atom is -0.378 e. The van der Waals surface area contributed by atoms with Crippen molar-refractivity contribution in [3.8, 4) is 11.1 Å². The Morgan fingerprint density at radius 1 is 0.963 bits per heavy atom. The van der Waals surface area contributed by atoms with Gasteiger partial charge < -0.3 is 14.4 Å². The van der Waals surface area contributed by atoms with E-state index in [2.05, 4.69) is 48.5 Å². The Morgan fingerprint density at radius 2 is 1.56 bits per heavy atom. The van der Waals surface area contributed by atoms with Gasteiger partial charge in [-0.3, -0.25) is 4.79 Å². The van der Waals surface area contributed by atoms with E-state index in [-0.39, 0.29) is 11.3 Å². The molecule has 2 aromatic rings. The number of nitrogens with zero attached hydrogens (tertiary/aromatic N) is 1. The van der Waals surface area contributed by atoms with Gasteiger partial charge in [-0.05, 0) is 35.1 Å². The van der Waals surface area contributed by atoms with Gasteiger partial charge >= 0.3 is 0 Å². The summed E-state index contributed by atoms with van der Waals surface area (Å²) in [6.07, 6.45) is 3.44. The fourth-order valence-corrected chi connectivity index (χ4v) is 4.68. The lowest BCUT2D eigenvalue weighted by Gasteiger charge is -2.33. The molecule has 4 heteroatoms. The predicted octanol–water partition coefficient (Wildman–Crippen LogP) is 3.57. The summed E-state index contributed by atoms with van der Waals surface area (Å²) in [5, 5.41) is 0. The van der Waals surface area contributed by atoms with Gasteiger partial charge in [0.2, 0.25) is 5.91 Å². The van der Waals surface area contributed by atoms with Crippen molar-refractivity contribution in [2.75, 3.05) is 26.3 Å². The molecular formula is C23H25NO3. The molecule has 1 amide bonds. The molecule has 2 aromatic carbocycles. The van der Waals surface area contributed by atoms with Crippen molar-refractivity contribution in [2.45, 2.75) is 31.1 Å². The first-order chi connectivity index (χ1) is 13.3. The quantitative estimate of drug-likeness (QED) is 0.737. The van der Waals surface area contributed by atoms with Crippen LogP contribution in [0, 0.1) is 0 Å². The molecule has 1 aliphatic heterocycles. The summed E-state index contributed by atoms with van der Waals surface area (Å²) in [6.45, 7) is 2.59. The van der Waals surface area contributed by atoms with Gasteiger partial charge in [-0.25, -0.2) is 0 Å². The average Bonchev–Trinajstić information content (AvgIpc) is 3.02. The molecule has 0 spiro atoms. The van der Waals surface area contributed by atoms with Crippen molar-refractivity contribution >= 4 is 12.2 Å². The summed E-state index contributed by atoms with van der Waals surface area (Å²) in [4.78, 5) is 25.9. The van der Waals surface area contributed by atoms with Crippen molar-refractivity contribution in [1.82, 2.24) is 4.90 Å². The zero-order chi connectivity index (χ0) is 18.7. The van der Waals surface area contributed by atoms with Crippen molar-refractivity contribution in [1.29, 1.82) is 0 Å². The Labute approximate surface area is 160 Å². The summed E-state index contributed by atoms with van der Waals surface area (Å²) in [6, 6.07) is 16.9. The third kappa shape index (κ3) is 3.19. The standard InChI is InChI=1S/C23H25NO3/c25-15-5-11-23(12-10-22(26)24-13-16-27-17-14-24)20-8-3-1-6-18(20)19-7-2-4-9-21(19)23/h1-4,6-9,15H,5,10-14,16-17H2. The molecule has 0 saturated carbocycles. The van der Waals surface area contributed by atoms with E-state index in [0.717, 1.165) is 19.1 Å². The zero-order valence-electron chi connectivity index (χ0n) is 15.5. The number of morpholine rings is 1. The molecule has 2 aliphatic rings. The molecule has 0 aromatic heterocycles. The number of amides is 1. The summed E-state index contributed by atoms with van der Waals surface area (Å²) in [5.41, 5.74) is 4.71. The first-order valence-electron chi connectivity index (χ1n) is 9.75. The molecule has 1 aliphatic carbocycles.